The van der Waals surface area contributed by atoms with Gasteiger partial charge in [0.15, 0.2) is 5.79 Å². The van der Waals surface area contributed by atoms with Crippen molar-refractivity contribution in [3.8, 4) is 0 Å². The predicted octanol–water partition coefficient (Wildman–Crippen LogP) is 3.89. The second-order valence-corrected chi connectivity index (χ2v) is 4.89. The molecule has 15 heavy (non-hydrogen) atoms. The van der Waals surface area contributed by atoms with Gasteiger partial charge >= 0.3 is 0 Å². The molecule has 0 saturated carbocycles. The lowest BCUT2D eigenvalue weighted by molar-refractivity contribution is -0.157. The van der Waals surface area contributed by atoms with Crippen molar-refractivity contribution in [3.63, 3.8) is 0 Å². The third-order valence-corrected chi connectivity index (χ3v) is 3.06. The van der Waals surface area contributed by atoms with Crippen LogP contribution in [0.25, 0.3) is 0 Å². The third kappa shape index (κ3) is 4.98. The van der Waals surface area contributed by atoms with E-state index in [9.17, 15) is 0 Å². The number of hydrogen-bond acceptors (Lipinski definition) is 2. The van der Waals surface area contributed by atoms with Crippen LogP contribution in [-0.4, -0.2) is 18.5 Å². The van der Waals surface area contributed by atoms with Crippen molar-refractivity contribution >= 4 is 0 Å². The van der Waals surface area contributed by atoms with Gasteiger partial charge in [0, 0.05) is 6.42 Å². The maximum atomic E-state index is 5.75. The minimum absolute atomic E-state index is 0.273. The summed E-state index contributed by atoms with van der Waals surface area (Å²) in [6.07, 6.45) is 9.30. The lowest BCUT2D eigenvalue weighted by Gasteiger charge is -2.22. The molecule has 1 rings (SSSR count). The van der Waals surface area contributed by atoms with E-state index in [1.54, 1.807) is 0 Å². The van der Waals surface area contributed by atoms with E-state index in [0.717, 1.165) is 13.0 Å². The van der Waals surface area contributed by atoms with E-state index in [2.05, 4.69) is 20.8 Å². The molecule has 0 N–H and O–H groups in total. The molecule has 2 heteroatoms. The normalized spacial score (nSPS) is 31.0. The molecule has 1 aliphatic rings. The quantitative estimate of drug-likeness (QED) is 0.599. The molecule has 0 spiro atoms. The zero-order chi connectivity index (χ0) is 11.1. The number of unbranched alkanes of at least 4 members (excludes halogenated alkanes) is 5. The molecule has 0 aromatic carbocycles. The van der Waals surface area contributed by atoms with Crippen LogP contribution in [0.1, 0.15) is 65.7 Å². The zero-order valence-electron chi connectivity index (χ0n) is 10.6. The Morgan fingerprint density at radius 1 is 1.13 bits per heavy atom. The summed E-state index contributed by atoms with van der Waals surface area (Å²) in [5.74, 6) is -0.288. The first-order valence-corrected chi connectivity index (χ1v) is 6.48. The molecule has 0 aromatic heterocycles. The van der Waals surface area contributed by atoms with Gasteiger partial charge in [-0.05, 0) is 20.3 Å². The fraction of sp³-hybridized carbons (Fsp3) is 1.00. The van der Waals surface area contributed by atoms with Crippen LogP contribution >= 0.6 is 0 Å². The van der Waals surface area contributed by atoms with Crippen molar-refractivity contribution in [3.05, 3.63) is 0 Å². The summed E-state index contributed by atoms with van der Waals surface area (Å²) in [6, 6.07) is 0. The van der Waals surface area contributed by atoms with Gasteiger partial charge in [0.05, 0.1) is 12.7 Å². The first kappa shape index (κ1) is 13.0. The maximum absolute atomic E-state index is 5.75. The highest BCUT2D eigenvalue weighted by atomic mass is 16.7. The maximum Gasteiger partial charge on any atom is 0.166 e. The van der Waals surface area contributed by atoms with Gasteiger partial charge < -0.3 is 9.47 Å². The molecule has 2 unspecified atom stereocenters. The van der Waals surface area contributed by atoms with Crippen LogP contribution < -0.4 is 0 Å². The smallest absolute Gasteiger partial charge is 0.166 e. The Morgan fingerprint density at radius 2 is 1.80 bits per heavy atom. The summed E-state index contributed by atoms with van der Waals surface area (Å²) in [4.78, 5) is 0. The van der Waals surface area contributed by atoms with Gasteiger partial charge in [-0.1, -0.05) is 39.0 Å². The van der Waals surface area contributed by atoms with E-state index in [-0.39, 0.29) is 11.9 Å². The van der Waals surface area contributed by atoms with E-state index >= 15 is 0 Å². The molecule has 1 fully saturated rings. The summed E-state index contributed by atoms with van der Waals surface area (Å²) in [6.45, 7) is 7.16. The highest BCUT2D eigenvalue weighted by Crippen LogP contribution is 2.28. The molecule has 90 valence electrons. The highest BCUT2D eigenvalue weighted by Gasteiger charge is 2.34. The Balaban J connectivity index is 2.00. The fourth-order valence-electron chi connectivity index (χ4n) is 2.14. The van der Waals surface area contributed by atoms with Gasteiger partial charge in [-0.3, -0.25) is 0 Å². The molecule has 0 aromatic rings. The van der Waals surface area contributed by atoms with E-state index < -0.39 is 0 Å². The molecule has 2 atom stereocenters. The lowest BCUT2D eigenvalue weighted by atomic mass is 10.1. The van der Waals surface area contributed by atoms with Gasteiger partial charge in [0.25, 0.3) is 0 Å². The van der Waals surface area contributed by atoms with Gasteiger partial charge in [0.1, 0.15) is 0 Å². The SMILES string of the molecule is CCCCCCCCC1(C)OCC(C)O1. The molecule has 1 aliphatic heterocycles. The van der Waals surface area contributed by atoms with E-state index in [4.69, 9.17) is 9.47 Å². The Morgan fingerprint density at radius 3 is 2.40 bits per heavy atom. The molecule has 1 heterocycles. The summed E-state index contributed by atoms with van der Waals surface area (Å²) in [5, 5.41) is 0. The van der Waals surface area contributed by atoms with Crippen LogP contribution in [0.3, 0.4) is 0 Å². The fourth-order valence-corrected chi connectivity index (χ4v) is 2.14. The molecule has 0 radical (unpaired) electrons. The van der Waals surface area contributed by atoms with Crippen molar-refractivity contribution in [1.82, 2.24) is 0 Å². The number of hydrogen-bond donors (Lipinski definition) is 0. The van der Waals surface area contributed by atoms with Crippen molar-refractivity contribution in [2.75, 3.05) is 6.61 Å². The number of ether oxygens (including phenoxy) is 2. The van der Waals surface area contributed by atoms with Crippen molar-refractivity contribution in [2.45, 2.75) is 77.6 Å². The van der Waals surface area contributed by atoms with Crippen LogP contribution in [0.5, 0.6) is 0 Å². The Labute approximate surface area is 94.3 Å². The summed E-state index contributed by atoms with van der Waals surface area (Å²) < 4.78 is 11.4. The lowest BCUT2D eigenvalue weighted by Crippen LogP contribution is -2.25. The van der Waals surface area contributed by atoms with Crippen molar-refractivity contribution in [2.24, 2.45) is 0 Å². The summed E-state index contributed by atoms with van der Waals surface area (Å²) in [5.41, 5.74) is 0. The van der Waals surface area contributed by atoms with Gasteiger partial charge in [-0.2, -0.15) is 0 Å². The van der Waals surface area contributed by atoms with Gasteiger partial charge in [0.2, 0.25) is 0 Å². The predicted molar refractivity (Wildman–Crippen MR) is 62.9 cm³/mol. The molecule has 0 amide bonds. The topological polar surface area (TPSA) is 18.5 Å². The van der Waals surface area contributed by atoms with Crippen LogP contribution in [-0.2, 0) is 9.47 Å². The molecular weight excluding hydrogens is 188 g/mol. The second-order valence-electron chi connectivity index (χ2n) is 4.89. The summed E-state index contributed by atoms with van der Waals surface area (Å²) >= 11 is 0. The van der Waals surface area contributed by atoms with Crippen LogP contribution in [0.15, 0.2) is 0 Å². The van der Waals surface area contributed by atoms with Crippen LogP contribution in [0, 0.1) is 0 Å². The zero-order valence-corrected chi connectivity index (χ0v) is 10.6. The molecular formula is C13H26O2. The Hall–Kier alpha value is -0.0800. The molecule has 1 saturated heterocycles. The first-order chi connectivity index (χ1) is 7.16. The molecule has 2 nitrogen and oxygen atoms in total. The average molecular weight is 214 g/mol. The molecule has 0 aliphatic carbocycles. The van der Waals surface area contributed by atoms with Crippen LogP contribution in [0.4, 0.5) is 0 Å². The minimum Gasteiger partial charge on any atom is -0.348 e. The highest BCUT2D eigenvalue weighted by molar-refractivity contribution is 4.72. The Kier molecular flexibility index (Phi) is 5.62. The van der Waals surface area contributed by atoms with E-state index in [0.29, 0.717) is 0 Å². The third-order valence-electron chi connectivity index (χ3n) is 3.06. The van der Waals surface area contributed by atoms with Crippen molar-refractivity contribution < 1.29 is 9.47 Å². The van der Waals surface area contributed by atoms with Crippen LogP contribution in [0.2, 0.25) is 0 Å². The first-order valence-electron chi connectivity index (χ1n) is 6.48. The number of rotatable bonds is 7. The van der Waals surface area contributed by atoms with Gasteiger partial charge in [-0.15, -0.1) is 0 Å². The average Bonchev–Trinajstić information content (AvgIpc) is 2.53. The minimum atomic E-state index is -0.288. The monoisotopic (exact) mass is 214 g/mol. The van der Waals surface area contributed by atoms with E-state index in [1.165, 1.54) is 38.5 Å². The standard InChI is InChI=1S/C13H26O2/c1-4-5-6-7-8-9-10-13(3)14-11-12(2)15-13/h12H,4-11H2,1-3H3. The second kappa shape index (κ2) is 6.49. The van der Waals surface area contributed by atoms with Gasteiger partial charge in [-0.25, -0.2) is 0 Å². The largest absolute Gasteiger partial charge is 0.348 e. The summed E-state index contributed by atoms with van der Waals surface area (Å²) in [7, 11) is 0. The Bertz CT molecular complexity index is 170. The van der Waals surface area contributed by atoms with E-state index in [1.807, 2.05) is 0 Å². The van der Waals surface area contributed by atoms with Crippen molar-refractivity contribution in [1.29, 1.82) is 0 Å². The molecule has 0 bridgehead atoms.